The van der Waals surface area contributed by atoms with Crippen LogP contribution in [0.5, 0.6) is 17.2 Å². The second-order valence-electron chi connectivity index (χ2n) is 6.95. The van der Waals surface area contributed by atoms with Crippen molar-refractivity contribution < 1.29 is 27.2 Å². The van der Waals surface area contributed by atoms with Crippen molar-refractivity contribution >= 4 is 15.8 Å². The summed E-state index contributed by atoms with van der Waals surface area (Å²) in [4.78, 5) is -0.136. The highest BCUT2D eigenvalue weighted by Gasteiger charge is 2.26. The van der Waals surface area contributed by atoms with Crippen LogP contribution in [0.4, 0.5) is 5.82 Å². The summed E-state index contributed by atoms with van der Waals surface area (Å²) in [6.07, 6.45) is 0. The molecule has 0 aliphatic heterocycles. The molecule has 0 saturated carbocycles. The molecule has 0 radical (unpaired) electrons. The summed E-state index contributed by atoms with van der Waals surface area (Å²) in [6.45, 7) is 0. The molecule has 4 rings (SSSR count). The zero-order valence-corrected chi connectivity index (χ0v) is 19.0. The van der Waals surface area contributed by atoms with Crippen LogP contribution in [0.2, 0.25) is 0 Å². The van der Waals surface area contributed by atoms with E-state index in [9.17, 15) is 8.42 Å². The predicted octanol–water partition coefficient (Wildman–Crippen LogP) is 4.84. The van der Waals surface area contributed by atoms with Gasteiger partial charge < -0.3 is 18.7 Å². The zero-order chi connectivity index (χ0) is 23.4. The first-order valence-corrected chi connectivity index (χ1v) is 11.4. The lowest BCUT2D eigenvalue weighted by atomic mass is 10.0. The molecule has 8 nitrogen and oxygen atoms in total. The smallest absolute Gasteiger partial charge is 0.270 e. The molecule has 1 heterocycles. The monoisotopic (exact) mass is 466 g/mol. The highest BCUT2D eigenvalue weighted by Crippen LogP contribution is 2.37. The molecule has 170 valence electrons. The Hall–Kier alpha value is -3.98. The van der Waals surface area contributed by atoms with Crippen molar-refractivity contribution in [1.82, 2.24) is 5.16 Å². The second-order valence-corrected chi connectivity index (χ2v) is 8.57. The van der Waals surface area contributed by atoms with E-state index in [2.05, 4.69) is 9.88 Å². The SMILES string of the molecule is COc1ccc(-c2ccccc2)cc1-c1cc(NS(=O)(=O)c2c(OC)cccc2OC)no1. The minimum atomic E-state index is -4.09. The van der Waals surface area contributed by atoms with Crippen LogP contribution in [-0.4, -0.2) is 34.9 Å². The molecule has 0 amide bonds. The highest BCUT2D eigenvalue weighted by atomic mass is 32.2. The van der Waals surface area contributed by atoms with Gasteiger partial charge in [0.2, 0.25) is 0 Å². The lowest BCUT2D eigenvalue weighted by molar-refractivity contribution is 0.373. The van der Waals surface area contributed by atoms with Crippen molar-refractivity contribution in [2.45, 2.75) is 4.90 Å². The van der Waals surface area contributed by atoms with Crippen LogP contribution in [0.3, 0.4) is 0 Å². The lowest BCUT2D eigenvalue weighted by Crippen LogP contribution is -2.15. The van der Waals surface area contributed by atoms with E-state index < -0.39 is 10.0 Å². The van der Waals surface area contributed by atoms with Gasteiger partial charge in [-0.15, -0.1) is 0 Å². The van der Waals surface area contributed by atoms with Crippen LogP contribution in [0, 0.1) is 0 Å². The Labute approximate surface area is 191 Å². The lowest BCUT2D eigenvalue weighted by Gasteiger charge is -2.13. The first kappa shape index (κ1) is 22.2. The van der Waals surface area contributed by atoms with E-state index in [1.54, 1.807) is 13.2 Å². The number of anilines is 1. The summed E-state index contributed by atoms with van der Waals surface area (Å²) in [6, 6.07) is 21.7. The van der Waals surface area contributed by atoms with Crippen molar-refractivity contribution in [1.29, 1.82) is 0 Å². The van der Waals surface area contributed by atoms with E-state index in [0.717, 1.165) is 11.1 Å². The van der Waals surface area contributed by atoms with Gasteiger partial charge in [0.15, 0.2) is 16.5 Å². The molecule has 33 heavy (non-hydrogen) atoms. The molecule has 0 bridgehead atoms. The van der Waals surface area contributed by atoms with Gasteiger partial charge in [-0.05, 0) is 35.4 Å². The molecule has 0 unspecified atom stereocenters. The fraction of sp³-hybridized carbons (Fsp3) is 0.125. The molecule has 0 aliphatic rings. The van der Waals surface area contributed by atoms with Crippen LogP contribution in [0.15, 0.2) is 82.2 Å². The first-order chi connectivity index (χ1) is 16.0. The Bertz CT molecular complexity index is 1340. The van der Waals surface area contributed by atoms with Gasteiger partial charge in [0.25, 0.3) is 10.0 Å². The molecular formula is C24H22N2O6S. The molecule has 0 aliphatic carbocycles. The average molecular weight is 467 g/mol. The third-order valence-corrected chi connectivity index (χ3v) is 6.39. The fourth-order valence-electron chi connectivity index (χ4n) is 3.43. The number of benzene rings is 3. The third kappa shape index (κ3) is 4.49. The number of nitrogens with zero attached hydrogens (tertiary/aromatic N) is 1. The van der Waals surface area contributed by atoms with Crippen molar-refractivity contribution in [3.05, 3.63) is 72.8 Å². The van der Waals surface area contributed by atoms with Crippen molar-refractivity contribution in [2.24, 2.45) is 0 Å². The molecule has 0 atom stereocenters. The standard InChI is InChI=1S/C24H22N2O6S/c1-29-19-13-12-17(16-8-5-4-6-9-16)14-18(19)22-15-23(25-32-22)26-33(27,28)24-20(30-2)10-7-11-21(24)31-3/h4-15H,1-3H3,(H,25,26). The summed E-state index contributed by atoms with van der Waals surface area (Å²) >= 11 is 0. The number of nitrogens with one attached hydrogen (secondary N) is 1. The zero-order valence-electron chi connectivity index (χ0n) is 18.2. The average Bonchev–Trinajstić information content (AvgIpc) is 3.31. The van der Waals surface area contributed by atoms with Gasteiger partial charge in [0.1, 0.15) is 17.2 Å². The van der Waals surface area contributed by atoms with E-state index in [0.29, 0.717) is 17.1 Å². The number of sulfonamides is 1. The number of hydrogen-bond donors (Lipinski definition) is 1. The number of ether oxygens (including phenoxy) is 3. The molecule has 1 N–H and O–H groups in total. The van der Waals surface area contributed by atoms with Gasteiger partial charge in [-0.2, -0.15) is 0 Å². The third-order valence-electron chi connectivity index (χ3n) is 4.97. The predicted molar refractivity (Wildman–Crippen MR) is 124 cm³/mol. The first-order valence-electron chi connectivity index (χ1n) is 9.91. The van der Waals surface area contributed by atoms with Gasteiger partial charge >= 0.3 is 0 Å². The Balaban J connectivity index is 1.70. The normalized spacial score (nSPS) is 11.1. The quantitative estimate of drug-likeness (QED) is 0.397. The van der Waals surface area contributed by atoms with Crippen molar-refractivity contribution in [2.75, 3.05) is 26.1 Å². The van der Waals surface area contributed by atoms with E-state index in [4.69, 9.17) is 18.7 Å². The largest absolute Gasteiger partial charge is 0.496 e. The van der Waals surface area contributed by atoms with Crippen LogP contribution in [0.1, 0.15) is 0 Å². The second kappa shape index (κ2) is 9.25. The Morgan fingerprint density at radius 3 is 2.06 bits per heavy atom. The van der Waals surface area contributed by atoms with Gasteiger partial charge in [-0.25, -0.2) is 8.42 Å². The maximum atomic E-state index is 13.1. The highest BCUT2D eigenvalue weighted by molar-refractivity contribution is 7.93. The topological polar surface area (TPSA) is 99.9 Å². The minimum absolute atomic E-state index is 0.00475. The van der Waals surface area contributed by atoms with Gasteiger partial charge in [0, 0.05) is 6.07 Å². The number of rotatable bonds is 8. The van der Waals surface area contributed by atoms with Crippen LogP contribution in [-0.2, 0) is 10.0 Å². The number of methoxy groups -OCH3 is 3. The minimum Gasteiger partial charge on any atom is -0.496 e. The molecule has 9 heteroatoms. The number of hydrogen-bond acceptors (Lipinski definition) is 7. The maximum Gasteiger partial charge on any atom is 0.270 e. The summed E-state index contributed by atoms with van der Waals surface area (Å²) in [5.41, 5.74) is 2.60. The van der Waals surface area contributed by atoms with E-state index >= 15 is 0 Å². The molecule has 0 saturated heterocycles. The summed E-state index contributed by atoms with van der Waals surface area (Å²) in [5, 5.41) is 3.89. The van der Waals surface area contributed by atoms with Crippen molar-refractivity contribution in [3.63, 3.8) is 0 Å². The Morgan fingerprint density at radius 2 is 1.42 bits per heavy atom. The fourth-order valence-corrected chi connectivity index (χ4v) is 4.74. The molecule has 3 aromatic carbocycles. The van der Waals surface area contributed by atoms with Crippen LogP contribution >= 0.6 is 0 Å². The van der Waals surface area contributed by atoms with Crippen LogP contribution in [0.25, 0.3) is 22.5 Å². The van der Waals surface area contributed by atoms with Gasteiger partial charge in [-0.1, -0.05) is 47.6 Å². The van der Waals surface area contributed by atoms with Crippen LogP contribution < -0.4 is 18.9 Å². The van der Waals surface area contributed by atoms with E-state index in [-0.39, 0.29) is 22.2 Å². The molecule has 1 aromatic heterocycles. The Morgan fingerprint density at radius 1 is 0.758 bits per heavy atom. The summed E-state index contributed by atoms with van der Waals surface area (Å²) in [7, 11) is 0.228. The summed E-state index contributed by atoms with van der Waals surface area (Å²) in [5.74, 6) is 1.19. The maximum absolute atomic E-state index is 13.1. The van der Waals surface area contributed by atoms with Gasteiger partial charge in [-0.3, -0.25) is 4.72 Å². The molecule has 4 aromatic rings. The van der Waals surface area contributed by atoms with E-state index in [1.165, 1.54) is 32.4 Å². The van der Waals surface area contributed by atoms with Crippen molar-refractivity contribution in [3.8, 4) is 39.7 Å². The molecule has 0 spiro atoms. The molecule has 0 fully saturated rings. The molecular weight excluding hydrogens is 444 g/mol. The Kier molecular flexibility index (Phi) is 6.23. The van der Waals surface area contributed by atoms with E-state index in [1.807, 2.05) is 48.5 Å². The number of aromatic nitrogens is 1. The van der Waals surface area contributed by atoms with Gasteiger partial charge in [0.05, 0.1) is 26.9 Å². The summed E-state index contributed by atoms with van der Waals surface area (Å²) < 4.78 is 50.0.